The van der Waals surface area contributed by atoms with Gasteiger partial charge in [-0.25, -0.2) is 4.79 Å². The van der Waals surface area contributed by atoms with E-state index in [1.807, 2.05) is 39.0 Å². The summed E-state index contributed by atoms with van der Waals surface area (Å²) < 4.78 is 5.57. The standard InChI is InChI=1S/C20H22O3/c1-5-16-6-8-18(9-7-16)23-19(20(21)22)12-17-11-14(3)13(2)10-15(17)4/h6-12H,5H2,1-4H3,(H,21,22). The van der Waals surface area contributed by atoms with Crippen molar-refractivity contribution in [2.45, 2.75) is 34.1 Å². The van der Waals surface area contributed by atoms with Crippen LogP contribution in [0.2, 0.25) is 0 Å². The smallest absolute Gasteiger partial charge is 0.371 e. The van der Waals surface area contributed by atoms with Crippen molar-refractivity contribution < 1.29 is 14.6 Å². The normalized spacial score (nSPS) is 11.4. The maximum Gasteiger partial charge on any atom is 0.371 e. The highest BCUT2D eigenvalue weighted by Gasteiger charge is 2.12. The third-order valence-electron chi connectivity index (χ3n) is 3.94. The fourth-order valence-electron chi connectivity index (χ4n) is 2.33. The number of hydrogen-bond acceptors (Lipinski definition) is 2. The van der Waals surface area contributed by atoms with E-state index in [1.54, 1.807) is 18.2 Å². The lowest BCUT2D eigenvalue weighted by Gasteiger charge is -2.10. The van der Waals surface area contributed by atoms with Crippen LogP contribution in [0.1, 0.15) is 34.7 Å². The van der Waals surface area contributed by atoms with E-state index in [-0.39, 0.29) is 5.76 Å². The first kappa shape index (κ1) is 16.8. The second-order valence-corrected chi connectivity index (χ2v) is 5.71. The molecule has 0 heterocycles. The molecule has 0 saturated heterocycles. The van der Waals surface area contributed by atoms with E-state index in [4.69, 9.17) is 4.74 Å². The molecule has 0 atom stereocenters. The van der Waals surface area contributed by atoms with Crippen LogP contribution in [0, 0.1) is 20.8 Å². The highest BCUT2D eigenvalue weighted by atomic mass is 16.5. The number of carboxylic acids is 1. The third-order valence-corrected chi connectivity index (χ3v) is 3.94. The molecule has 0 radical (unpaired) electrons. The first-order valence-electron chi connectivity index (χ1n) is 7.70. The molecule has 2 rings (SSSR count). The SMILES string of the molecule is CCc1ccc(OC(=Cc2cc(C)c(C)cc2C)C(=O)O)cc1. The monoisotopic (exact) mass is 310 g/mol. The average Bonchev–Trinajstić information content (AvgIpc) is 2.52. The molecule has 1 N–H and O–H groups in total. The lowest BCUT2D eigenvalue weighted by atomic mass is 10.0. The Kier molecular flexibility index (Phi) is 5.22. The Morgan fingerprint density at radius 2 is 1.65 bits per heavy atom. The van der Waals surface area contributed by atoms with Crippen molar-refractivity contribution in [3.05, 3.63) is 70.0 Å². The molecule has 0 aromatic heterocycles. The number of carbonyl (C=O) groups is 1. The fourth-order valence-corrected chi connectivity index (χ4v) is 2.33. The zero-order chi connectivity index (χ0) is 17.0. The van der Waals surface area contributed by atoms with Gasteiger partial charge in [0.05, 0.1) is 0 Å². The molecule has 3 nitrogen and oxygen atoms in total. The summed E-state index contributed by atoms with van der Waals surface area (Å²) in [5.41, 5.74) is 5.38. The largest absolute Gasteiger partial charge is 0.475 e. The Labute approximate surface area is 137 Å². The zero-order valence-electron chi connectivity index (χ0n) is 14.0. The van der Waals surface area contributed by atoms with Crippen LogP contribution in [0.4, 0.5) is 0 Å². The maximum absolute atomic E-state index is 11.5. The van der Waals surface area contributed by atoms with Gasteiger partial charge in [-0.1, -0.05) is 31.2 Å². The number of rotatable bonds is 5. The first-order chi connectivity index (χ1) is 10.9. The molecule has 0 saturated carbocycles. The third kappa shape index (κ3) is 4.22. The van der Waals surface area contributed by atoms with Crippen LogP contribution in [0.25, 0.3) is 6.08 Å². The van der Waals surface area contributed by atoms with E-state index in [0.717, 1.165) is 23.1 Å². The molecular weight excluding hydrogens is 288 g/mol. The lowest BCUT2D eigenvalue weighted by Crippen LogP contribution is -2.08. The number of ether oxygens (including phenoxy) is 1. The van der Waals surface area contributed by atoms with E-state index in [1.165, 1.54) is 11.1 Å². The molecule has 0 aliphatic rings. The number of carboxylic acid groups (broad SMARTS) is 1. The Balaban J connectivity index is 2.34. The van der Waals surface area contributed by atoms with E-state index >= 15 is 0 Å². The summed E-state index contributed by atoms with van der Waals surface area (Å²) in [5.74, 6) is -0.639. The number of benzene rings is 2. The molecule has 0 unspecified atom stereocenters. The van der Waals surface area contributed by atoms with Gasteiger partial charge in [-0.05, 0) is 73.2 Å². The van der Waals surface area contributed by atoms with Crippen molar-refractivity contribution in [1.82, 2.24) is 0 Å². The fraction of sp³-hybridized carbons (Fsp3) is 0.250. The Bertz CT molecular complexity index is 740. The summed E-state index contributed by atoms with van der Waals surface area (Å²) in [5, 5.41) is 9.42. The second kappa shape index (κ2) is 7.14. The molecule has 2 aromatic rings. The van der Waals surface area contributed by atoms with Gasteiger partial charge in [-0.2, -0.15) is 0 Å². The highest BCUT2D eigenvalue weighted by molar-refractivity contribution is 5.90. The van der Waals surface area contributed by atoms with Crippen molar-refractivity contribution >= 4 is 12.0 Å². The van der Waals surface area contributed by atoms with Crippen LogP contribution in [0.3, 0.4) is 0 Å². The molecule has 23 heavy (non-hydrogen) atoms. The molecule has 120 valence electrons. The minimum absolute atomic E-state index is 0.0828. The second-order valence-electron chi connectivity index (χ2n) is 5.71. The van der Waals surface area contributed by atoms with Gasteiger partial charge in [0.25, 0.3) is 0 Å². The van der Waals surface area contributed by atoms with Gasteiger partial charge >= 0.3 is 5.97 Å². The van der Waals surface area contributed by atoms with Crippen molar-refractivity contribution in [3.8, 4) is 5.75 Å². The first-order valence-corrected chi connectivity index (χ1v) is 7.70. The van der Waals surface area contributed by atoms with E-state index < -0.39 is 5.97 Å². The molecule has 0 spiro atoms. The maximum atomic E-state index is 11.5. The highest BCUT2D eigenvalue weighted by Crippen LogP contribution is 2.21. The minimum atomic E-state index is -1.08. The minimum Gasteiger partial charge on any atom is -0.475 e. The quantitative estimate of drug-likeness (QED) is 0.644. The Morgan fingerprint density at radius 1 is 1.04 bits per heavy atom. The van der Waals surface area contributed by atoms with Crippen molar-refractivity contribution in [1.29, 1.82) is 0 Å². The van der Waals surface area contributed by atoms with Gasteiger partial charge in [0.1, 0.15) is 5.75 Å². The molecule has 0 amide bonds. The van der Waals surface area contributed by atoms with Gasteiger partial charge < -0.3 is 9.84 Å². The van der Waals surface area contributed by atoms with Crippen LogP contribution in [-0.4, -0.2) is 11.1 Å². The van der Waals surface area contributed by atoms with E-state index in [9.17, 15) is 9.90 Å². The van der Waals surface area contributed by atoms with Crippen LogP contribution in [0.15, 0.2) is 42.2 Å². The summed E-state index contributed by atoms with van der Waals surface area (Å²) in [7, 11) is 0. The molecule has 0 bridgehead atoms. The van der Waals surface area contributed by atoms with Gasteiger partial charge in [-0.3, -0.25) is 0 Å². The Hall–Kier alpha value is -2.55. The number of aliphatic carboxylic acids is 1. The lowest BCUT2D eigenvalue weighted by molar-refractivity contribution is -0.134. The zero-order valence-corrected chi connectivity index (χ0v) is 14.0. The van der Waals surface area contributed by atoms with Gasteiger partial charge in [0.2, 0.25) is 5.76 Å². The van der Waals surface area contributed by atoms with Gasteiger partial charge in [0, 0.05) is 0 Å². The van der Waals surface area contributed by atoms with Gasteiger partial charge in [-0.15, -0.1) is 0 Å². The average molecular weight is 310 g/mol. The number of hydrogen-bond donors (Lipinski definition) is 1. The van der Waals surface area contributed by atoms with Crippen molar-refractivity contribution in [2.75, 3.05) is 0 Å². The van der Waals surface area contributed by atoms with Gasteiger partial charge in [0.15, 0.2) is 0 Å². The summed E-state index contributed by atoms with van der Waals surface area (Å²) in [6.07, 6.45) is 2.52. The molecule has 2 aromatic carbocycles. The number of aryl methyl sites for hydroxylation is 4. The van der Waals surface area contributed by atoms with Crippen molar-refractivity contribution in [3.63, 3.8) is 0 Å². The molecule has 0 aliphatic heterocycles. The van der Waals surface area contributed by atoms with Crippen LogP contribution in [0.5, 0.6) is 5.75 Å². The molecule has 0 fully saturated rings. The van der Waals surface area contributed by atoms with E-state index in [2.05, 4.69) is 13.0 Å². The predicted octanol–water partition coefficient (Wildman–Crippen LogP) is 4.68. The van der Waals surface area contributed by atoms with Crippen molar-refractivity contribution in [2.24, 2.45) is 0 Å². The predicted molar refractivity (Wildman–Crippen MR) is 92.7 cm³/mol. The Morgan fingerprint density at radius 3 is 2.22 bits per heavy atom. The topological polar surface area (TPSA) is 46.5 Å². The van der Waals surface area contributed by atoms with Crippen LogP contribution < -0.4 is 4.74 Å². The molecule has 0 aliphatic carbocycles. The molecular formula is C20H22O3. The summed E-state index contributed by atoms with van der Waals surface area (Å²) >= 11 is 0. The molecule has 3 heteroatoms. The summed E-state index contributed by atoms with van der Waals surface area (Å²) in [4.78, 5) is 11.5. The summed E-state index contributed by atoms with van der Waals surface area (Å²) in [6, 6.07) is 11.5. The summed E-state index contributed by atoms with van der Waals surface area (Å²) in [6.45, 7) is 8.09. The van der Waals surface area contributed by atoms with Crippen LogP contribution in [-0.2, 0) is 11.2 Å². The van der Waals surface area contributed by atoms with E-state index in [0.29, 0.717) is 5.75 Å². The van der Waals surface area contributed by atoms with Crippen LogP contribution >= 0.6 is 0 Å².